The van der Waals surface area contributed by atoms with E-state index < -0.39 is 11.6 Å². The molecule has 18 heavy (non-hydrogen) atoms. The van der Waals surface area contributed by atoms with Gasteiger partial charge in [-0.2, -0.15) is 0 Å². The molecule has 0 aliphatic rings. The number of hydrogen-bond acceptors (Lipinski definition) is 3. The Labute approximate surface area is 104 Å². The molecular weight excluding hydrogens is 238 g/mol. The lowest BCUT2D eigenvalue weighted by molar-refractivity contribution is 0.476. The van der Waals surface area contributed by atoms with Crippen molar-refractivity contribution in [3.8, 4) is 11.3 Å². The average molecular weight is 252 g/mol. The molecule has 1 heterocycles. The van der Waals surface area contributed by atoms with Crippen molar-refractivity contribution in [1.82, 2.24) is 10.3 Å². The minimum absolute atomic E-state index is 0.433. The highest BCUT2D eigenvalue weighted by Gasteiger charge is 2.09. The predicted molar refractivity (Wildman–Crippen MR) is 63.9 cm³/mol. The molecule has 2 rings (SSSR count). The number of halogens is 2. The van der Waals surface area contributed by atoms with Crippen LogP contribution in [0.4, 0.5) is 8.78 Å². The molecule has 0 atom stereocenters. The van der Waals surface area contributed by atoms with Crippen LogP contribution in [0.1, 0.15) is 19.2 Å². The lowest BCUT2D eigenvalue weighted by Gasteiger charge is -1.99. The monoisotopic (exact) mass is 252 g/mol. The van der Waals surface area contributed by atoms with Gasteiger partial charge in [0.2, 0.25) is 5.89 Å². The van der Waals surface area contributed by atoms with Gasteiger partial charge in [0.15, 0.2) is 17.4 Å². The Morgan fingerprint density at radius 3 is 2.83 bits per heavy atom. The van der Waals surface area contributed by atoms with Crippen LogP contribution in [0.25, 0.3) is 11.3 Å². The summed E-state index contributed by atoms with van der Waals surface area (Å²) in [6.07, 6.45) is 2.53. The highest BCUT2D eigenvalue weighted by molar-refractivity contribution is 5.56. The molecule has 0 saturated heterocycles. The van der Waals surface area contributed by atoms with Gasteiger partial charge >= 0.3 is 0 Å². The van der Waals surface area contributed by atoms with Crippen LogP contribution in [-0.4, -0.2) is 11.5 Å². The molecule has 0 spiro atoms. The Kier molecular flexibility index (Phi) is 4.04. The van der Waals surface area contributed by atoms with Crippen LogP contribution in [0, 0.1) is 11.6 Å². The van der Waals surface area contributed by atoms with E-state index in [2.05, 4.69) is 17.2 Å². The highest BCUT2D eigenvalue weighted by atomic mass is 19.2. The van der Waals surface area contributed by atoms with Gasteiger partial charge in [0.1, 0.15) is 0 Å². The van der Waals surface area contributed by atoms with E-state index in [4.69, 9.17) is 4.42 Å². The molecule has 0 amide bonds. The second-order valence-corrected chi connectivity index (χ2v) is 3.92. The van der Waals surface area contributed by atoms with Crippen molar-refractivity contribution in [2.45, 2.75) is 19.9 Å². The summed E-state index contributed by atoms with van der Waals surface area (Å²) in [5.41, 5.74) is 0.475. The van der Waals surface area contributed by atoms with E-state index in [9.17, 15) is 8.78 Å². The van der Waals surface area contributed by atoms with Gasteiger partial charge < -0.3 is 9.73 Å². The molecule has 96 valence electrons. The number of rotatable bonds is 5. The zero-order chi connectivity index (χ0) is 13.0. The summed E-state index contributed by atoms with van der Waals surface area (Å²) >= 11 is 0. The van der Waals surface area contributed by atoms with Crippen LogP contribution in [0.5, 0.6) is 0 Å². The lowest BCUT2D eigenvalue weighted by atomic mass is 10.2. The van der Waals surface area contributed by atoms with Crippen molar-refractivity contribution < 1.29 is 13.2 Å². The molecule has 0 radical (unpaired) electrons. The molecule has 0 saturated carbocycles. The molecular formula is C13H14F2N2O. The van der Waals surface area contributed by atoms with Crippen LogP contribution in [0.3, 0.4) is 0 Å². The first-order valence-electron chi connectivity index (χ1n) is 5.81. The van der Waals surface area contributed by atoms with E-state index in [0.29, 0.717) is 23.8 Å². The third-order valence-corrected chi connectivity index (χ3v) is 2.46. The molecule has 0 aliphatic heterocycles. The SMILES string of the molecule is CCCNCc1ncc(-c2ccc(F)c(F)c2)o1. The third kappa shape index (κ3) is 2.92. The first kappa shape index (κ1) is 12.7. The van der Waals surface area contributed by atoms with Gasteiger partial charge in [-0.25, -0.2) is 13.8 Å². The van der Waals surface area contributed by atoms with E-state index in [-0.39, 0.29) is 0 Å². The number of nitrogens with zero attached hydrogens (tertiary/aromatic N) is 1. The van der Waals surface area contributed by atoms with Crippen LogP contribution >= 0.6 is 0 Å². The van der Waals surface area contributed by atoms with Crippen LogP contribution in [0.2, 0.25) is 0 Å². The van der Waals surface area contributed by atoms with E-state index in [1.165, 1.54) is 12.3 Å². The summed E-state index contributed by atoms with van der Waals surface area (Å²) in [5.74, 6) is -0.803. The minimum atomic E-state index is -0.894. The maximum absolute atomic E-state index is 13.1. The van der Waals surface area contributed by atoms with Crippen molar-refractivity contribution in [2.24, 2.45) is 0 Å². The standard InChI is InChI=1S/C13H14F2N2O/c1-2-5-16-8-13-17-7-12(18-13)9-3-4-10(14)11(15)6-9/h3-4,6-7,16H,2,5,8H2,1H3. The zero-order valence-electron chi connectivity index (χ0n) is 10.0. The van der Waals surface area contributed by atoms with Gasteiger partial charge in [-0.1, -0.05) is 6.92 Å². The molecule has 3 nitrogen and oxygen atoms in total. The molecule has 1 aromatic heterocycles. The summed E-state index contributed by atoms with van der Waals surface area (Å²) in [6.45, 7) is 3.47. The molecule has 0 aliphatic carbocycles. The summed E-state index contributed by atoms with van der Waals surface area (Å²) < 4.78 is 31.3. The van der Waals surface area contributed by atoms with Crippen molar-refractivity contribution >= 4 is 0 Å². The molecule has 0 bridgehead atoms. The fraction of sp³-hybridized carbons (Fsp3) is 0.308. The summed E-state index contributed by atoms with van der Waals surface area (Å²) in [5, 5.41) is 3.15. The highest BCUT2D eigenvalue weighted by Crippen LogP contribution is 2.22. The lowest BCUT2D eigenvalue weighted by Crippen LogP contribution is -2.13. The Hall–Kier alpha value is -1.75. The molecule has 2 aromatic rings. The summed E-state index contributed by atoms with van der Waals surface area (Å²) in [7, 11) is 0. The number of benzene rings is 1. The van der Waals surface area contributed by atoms with E-state index >= 15 is 0 Å². The zero-order valence-corrected chi connectivity index (χ0v) is 10.0. The normalized spacial score (nSPS) is 10.8. The number of aromatic nitrogens is 1. The quantitative estimate of drug-likeness (QED) is 0.831. The second-order valence-electron chi connectivity index (χ2n) is 3.92. The largest absolute Gasteiger partial charge is 0.439 e. The first-order valence-corrected chi connectivity index (χ1v) is 5.81. The molecule has 0 unspecified atom stereocenters. The topological polar surface area (TPSA) is 38.1 Å². The van der Waals surface area contributed by atoms with E-state index in [0.717, 1.165) is 25.1 Å². The predicted octanol–water partition coefficient (Wildman–Crippen LogP) is 3.12. The summed E-state index contributed by atoms with van der Waals surface area (Å²) in [6, 6.07) is 3.63. The Morgan fingerprint density at radius 2 is 2.11 bits per heavy atom. The van der Waals surface area contributed by atoms with E-state index in [1.807, 2.05) is 0 Å². The molecule has 1 N–H and O–H groups in total. The maximum Gasteiger partial charge on any atom is 0.208 e. The maximum atomic E-state index is 13.1. The smallest absolute Gasteiger partial charge is 0.208 e. The van der Waals surface area contributed by atoms with Gasteiger partial charge in [0.25, 0.3) is 0 Å². The molecule has 1 aromatic carbocycles. The minimum Gasteiger partial charge on any atom is -0.439 e. The first-order chi connectivity index (χ1) is 8.70. The van der Waals surface area contributed by atoms with Crippen molar-refractivity contribution in [3.05, 3.63) is 41.9 Å². The van der Waals surface area contributed by atoms with Crippen LogP contribution in [-0.2, 0) is 6.54 Å². The number of nitrogens with one attached hydrogen (secondary N) is 1. The van der Waals surface area contributed by atoms with Gasteiger partial charge in [0, 0.05) is 5.56 Å². The molecule has 5 heteroatoms. The summed E-state index contributed by atoms with van der Waals surface area (Å²) in [4.78, 5) is 4.07. The Balaban J connectivity index is 2.11. The number of hydrogen-bond donors (Lipinski definition) is 1. The van der Waals surface area contributed by atoms with E-state index in [1.54, 1.807) is 0 Å². The fourth-order valence-electron chi connectivity index (χ4n) is 1.55. The van der Waals surface area contributed by atoms with Gasteiger partial charge in [-0.05, 0) is 31.2 Å². The number of oxazole rings is 1. The third-order valence-electron chi connectivity index (χ3n) is 2.46. The van der Waals surface area contributed by atoms with Gasteiger partial charge in [-0.15, -0.1) is 0 Å². The second kappa shape index (κ2) is 5.73. The van der Waals surface area contributed by atoms with Gasteiger partial charge in [-0.3, -0.25) is 0 Å². The van der Waals surface area contributed by atoms with Crippen LogP contribution < -0.4 is 5.32 Å². The average Bonchev–Trinajstić information content (AvgIpc) is 2.82. The molecule has 0 fully saturated rings. The van der Waals surface area contributed by atoms with Gasteiger partial charge in [0.05, 0.1) is 12.7 Å². The fourth-order valence-corrected chi connectivity index (χ4v) is 1.55. The Bertz CT molecular complexity index is 525. The Morgan fingerprint density at radius 1 is 1.28 bits per heavy atom. The van der Waals surface area contributed by atoms with Crippen molar-refractivity contribution in [1.29, 1.82) is 0 Å². The van der Waals surface area contributed by atoms with Crippen LogP contribution in [0.15, 0.2) is 28.8 Å². The van der Waals surface area contributed by atoms with Crippen molar-refractivity contribution in [2.75, 3.05) is 6.54 Å². The van der Waals surface area contributed by atoms with Crippen molar-refractivity contribution in [3.63, 3.8) is 0 Å².